The summed E-state index contributed by atoms with van der Waals surface area (Å²) in [6.45, 7) is -1.22. The summed E-state index contributed by atoms with van der Waals surface area (Å²) in [7, 11) is 0. The van der Waals surface area contributed by atoms with Gasteiger partial charge < -0.3 is 10.6 Å². The minimum atomic E-state index is -6.48. The van der Waals surface area contributed by atoms with Crippen molar-refractivity contribution in [3.05, 3.63) is 74.4 Å². The van der Waals surface area contributed by atoms with Crippen molar-refractivity contribution in [2.24, 2.45) is 0 Å². The van der Waals surface area contributed by atoms with E-state index in [9.17, 15) is 40.3 Å². The highest BCUT2D eigenvalue weighted by Gasteiger charge is 2.76. The highest BCUT2D eigenvalue weighted by molar-refractivity contribution is 6.38. The Bertz CT molecular complexity index is 1800. The van der Waals surface area contributed by atoms with Gasteiger partial charge in [-0.2, -0.15) is 41.5 Å². The molecule has 0 spiro atoms. The molecule has 0 radical (unpaired) electrons. The number of anilines is 1. The monoisotopic (exact) mass is 698 g/mol. The lowest BCUT2D eigenvalue weighted by atomic mass is 10.1. The van der Waals surface area contributed by atoms with Gasteiger partial charge in [0.1, 0.15) is 18.8 Å². The van der Waals surface area contributed by atoms with E-state index in [2.05, 4.69) is 36.1 Å². The largest absolute Gasteiger partial charge is 0.439 e. The predicted molar refractivity (Wildman–Crippen MR) is 141 cm³/mol. The summed E-state index contributed by atoms with van der Waals surface area (Å²) in [5, 5.41) is 25.8. The first-order valence-electron chi connectivity index (χ1n) is 11.7. The first-order chi connectivity index (χ1) is 21.0. The number of benzene rings is 1. The average molecular weight is 700 g/mol. The smallest absolute Gasteiger partial charge is 0.339 e. The quantitative estimate of drug-likeness (QED) is 0.191. The molecule has 4 rings (SSSR count). The number of nitriles is 1. The van der Waals surface area contributed by atoms with E-state index in [4.69, 9.17) is 40.1 Å². The van der Waals surface area contributed by atoms with Crippen LogP contribution in [0.1, 0.15) is 32.4 Å². The van der Waals surface area contributed by atoms with Crippen LogP contribution in [-0.4, -0.2) is 65.7 Å². The fourth-order valence-corrected chi connectivity index (χ4v) is 4.39. The van der Waals surface area contributed by atoms with Crippen LogP contribution in [0.3, 0.4) is 0 Å². The van der Waals surface area contributed by atoms with Gasteiger partial charge in [-0.15, -0.1) is 10.2 Å². The molecule has 0 saturated heterocycles. The zero-order valence-electron chi connectivity index (χ0n) is 21.6. The van der Waals surface area contributed by atoms with Crippen molar-refractivity contribution in [3.63, 3.8) is 0 Å². The van der Waals surface area contributed by atoms with Crippen molar-refractivity contribution in [2.75, 3.05) is 11.9 Å². The predicted octanol–water partition coefficient (Wildman–Crippen LogP) is 5.06. The first kappa shape index (κ1) is 33.4. The van der Waals surface area contributed by atoms with Crippen LogP contribution in [0.15, 0.2) is 36.5 Å². The topological polar surface area (TPSA) is 156 Å². The van der Waals surface area contributed by atoms with Crippen LogP contribution in [0.4, 0.5) is 36.4 Å². The lowest BCUT2D eigenvalue weighted by Gasteiger charge is -2.26. The van der Waals surface area contributed by atoms with E-state index < -0.39 is 54.4 Å². The third-order valence-electron chi connectivity index (χ3n) is 5.64. The van der Waals surface area contributed by atoms with Crippen LogP contribution >= 0.6 is 34.8 Å². The van der Waals surface area contributed by atoms with Crippen LogP contribution in [0.25, 0.3) is 5.82 Å². The van der Waals surface area contributed by atoms with Crippen molar-refractivity contribution in [2.45, 2.75) is 24.6 Å². The van der Waals surface area contributed by atoms with Gasteiger partial charge in [-0.1, -0.05) is 34.8 Å². The molecule has 22 heteroatoms. The van der Waals surface area contributed by atoms with Crippen molar-refractivity contribution in [1.82, 2.24) is 40.3 Å². The molecule has 236 valence electrons. The number of carbonyl (C=O) groups is 2. The number of halogens is 10. The molecule has 0 fully saturated rings. The number of carbonyl (C=O) groups excluding carboxylic acids is 2. The molecule has 2 N–H and O–H groups in total. The van der Waals surface area contributed by atoms with E-state index in [0.29, 0.717) is 0 Å². The molecule has 3 heterocycles. The number of rotatable bonds is 8. The standard InChI is InChI=1S/C23H12Cl3F7N10O2/c24-10-6-12(18(44)36-5-3-34)16(14(26)7-10)37-19(45)15-8-11(39-43(15)17-13(25)2-1-4-35-17)9-42-40-20(38-41-42)21(27,22(28,29)30)23(31,32)33/h1-2,4,6-8H,5,9H2,(H,36,44)(H,37,45). The number of hydrogen-bond acceptors (Lipinski definition) is 8. The van der Waals surface area contributed by atoms with Crippen LogP contribution in [0.5, 0.6) is 0 Å². The Labute approximate surface area is 260 Å². The fourth-order valence-electron chi connectivity index (χ4n) is 3.64. The van der Waals surface area contributed by atoms with E-state index >= 15 is 0 Å². The molecule has 1 aromatic carbocycles. The normalized spacial score (nSPS) is 12.1. The number of nitrogens with one attached hydrogen (secondary N) is 2. The number of nitrogens with zero attached hydrogens (tertiary/aromatic N) is 8. The maximum Gasteiger partial charge on any atom is 0.439 e. The third-order valence-corrected chi connectivity index (χ3v) is 6.46. The Morgan fingerprint density at radius 1 is 0.956 bits per heavy atom. The van der Waals surface area contributed by atoms with Crippen LogP contribution in [-0.2, 0) is 12.2 Å². The highest BCUT2D eigenvalue weighted by Crippen LogP contribution is 2.51. The Morgan fingerprint density at radius 2 is 1.64 bits per heavy atom. The van der Waals surface area contributed by atoms with E-state index in [1.54, 1.807) is 6.07 Å². The Morgan fingerprint density at radius 3 is 2.27 bits per heavy atom. The molecule has 0 unspecified atom stereocenters. The Hall–Kier alpha value is -4.54. The lowest BCUT2D eigenvalue weighted by molar-refractivity contribution is -0.351. The molecular formula is C23H12Cl3F7N10O2. The fraction of sp³-hybridized carbons (Fsp3) is 0.217. The van der Waals surface area contributed by atoms with Gasteiger partial charge >= 0.3 is 18.0 Å². The van der Waals surface area contributed by atoms with E-state index in [-0.39, 0.29) is 42.6 Å². The van der Waals surface area contributed by atoms with Crippen LogP contribution < -0.4 is 10.6 Å². The van der Waals surface area contributed by atoms with Gasteiger partial charge in [0.25, 0.3) is 11.8 Å². The number of hydrogen-bond donors (Lipinski definition) is 2. The number of amides is 2. The molecular weight excluding hydrogens is 688 g/mol. The van der Waals surface area contributed by atoms with Gasteiger partial charge in [-0.3, -0.25) is 9.59 Å². The molecule has 2 amide bonds. The summed E-state index contributed by atoms with van der Waals surface area (Å²) in [5.41, 5.74) is -7.11. The summed E-state index contributed by atoms with van der Waals surface area (Å²) < 4.78 is 93.9. The van der Waals surface area contributed by atoms with Crippen molar-refractivity contribution < 1.29 is 40.3 Å². The number of tetrazole rings is 1. The zero-order chi connectivity index (χ0) is 33.3. The Balaban J connectivity index is 1.75. The van der Waals surface area contributed by atoms with Gasteiger partial charge in [0.15, 0.2) is 5.82 Å². The molecule has 0 aliphatic carbocycles. The first-order valence-corrected chi connectivity index (χ1v) is 12.9. The van der Waals surface area contributed by atoms with Gasteiger partial charge in [0.05, 0.1) is 33.1 Å². The molecule has 0 saturated carbocycles. The molecule has 3 aromatic heterocycles. The number of alkyl halides is 7. The lowest BCUT2D eigenvalue weighted by Crippen LogP contribution is -2.51. The number of pyridine rings is 1. The van der Waals surface area contributed by atoms with Gasteiger partial charge in [-0.25, -0.2) is 14.1 Å². The summed E-state index contributed by atoms with van der Waals surface area (Å²) in [4.78, 5) is 30.3. The Kier molecular flexibility index (Phi) is 9.23. The molecule has 0 aliphatic rings. The van der Waals surface area contributed by atoms with Crippen molar-refractivity contribution >= 4 is 52.3 Å². The minimum absolute atomic E-state index is 0.000692. The average Bonchev–Trinajstić information content (AvgIpc) is 3.59. The van der Waals surface area contributed by atoms with Crippen LogP contribution in [0, 0.1) is 11.3 Å². The maximum absolute atomic E-state index is 14.4. The second kappa shape index (κ2) is 12.5. The minimum Gasteiger partial charge on any atom is -0.339 e. The third kappa shape index (κ3) is 6.62. The summed E-state index contributed by atoms with van der Waals surface area (Å²) in [6.07, 6.45) is -11.7. The van der Waals surface area contributed by atoms with Crippen molar-refractivity contribution in [1.29, 1.82) is 5.26 Å². The molecule has 0 aliphatic heterocycles. The van der Waals surface area contributed by atoms with E-state index in [1.807, 2.05) is 0 Å². The van der Waals surface area contributed by atoms with Gasteiger partial charge in [0.2, 0.25) is 5.82 Å². The van der Waals surface area contributed by atoms with E-state index in [1.165, 1.54) is 24.4 Å². The van der Waals surface area contributed by atoms with E-state index in [0.717, 1.165) is 16.8 Å². The molecule has 0 bridgehead atoms. The summed E-state index contributed by atoms with van der Waals surface area (Å²) >= 11 is 18.4. The van der Waals surface area contributed by atoms with Gasteiger partial charge in [0, 0.05) is 11.2 Å². The highest BCUT2D eigenvalue weighted by atomic mass is 35.5. The zero-order valence-corrected chi connectivity index (χ0v) is 23.8. The second-order valence-electron chi connectivity index (χ2n) is 8.64. The van der Waals surface area contributed by atoms with Crippen LogP contribution in [0.2, 0.25) is 15.1 Å². The maximum atomic E-state index is 14.4. The SMILES string of the molecule is N#CCNC(=O)c1cc(Cl)cc(Cl)c1NC(=O)c1cc(Cn2nnc(C(F)(C(F)(F)F)C(F)(F)F)n2)nn1-c1ncccc1Cl. The summed E-state index contributed by atoms with van der Waals surface area (Å²) in [6, 6.07) is 7.83. The molecule has 12 nitrogen and oxygen atoms in total. The van der Waals surface area contributed by atoms with Crippen molar-refractivity contribution in [3.8, 4) is 11.9 Å². The van der Waals surface area contributed by atoms with Gasteiger partial charge in [-0.05, 0) is 35.5 Å². The second-order valence-corrected chi connectivity index (χ2v) is 9.89. The molecule has 4 aromatic rings. The number of aromatic nitrogens is 7. The summed E-state index contributed by atoms with van der Waals surface area (Å²) in [5.74, 6) is -4.35. The molecule has 0 atom stereocenters. The molecule has 45 heavy (non-hydrogen) atoms.